The molecule has 0 atom stereocenters. The minimum Gasteiger partial charge on any atom is -0.348 e. The lowest BCUT2D eigenvalue weighted by molar-refractivity contribution is -0.260. The lowest BCUT2D eigenvalue weighted by atomic mass is 9.70. The zero-order valence-electron chi connectivity index (χ0n) is 12.4. The molecule has 0 unspecified atom stereocenters. The van der Waals surface area contributed by atoms with Gasteiger partial charge in [0.05, 0.1) is 25.3 Å². The summed E-state index contributed by atoms with van der Waals surface area (Å²) in [5.74, 6) is -3.17. The third kappa shape index (κ3) is 2.28. The van der Waals surface area contributed by atoms with Crippen LogP contribution in [0.15, 0.2) is 0 Å². The Morgan fingerprint density at radius 1 is 1.00 bits per heavy atom. The standard InChI is InChI=1S/C14H23F2NO2S/c1-11(2,3)20-17-10-14(15,16)12(17)4-6-13(7-5-12)18-8-9-19-13/h4-10H2,1-3H3. The van der Waals surface area contributed by atoms with E-state index in [1.807, 2.05) is 4.31 Å². The number of rotatable bonds is 1. The Hall–Kier alpha value is 0.0900. The van der Waals surface area contributed by atoms with Gasteiger partial charge in [-0.05, 0) is 33.6 Å². The number of nitrogens with zero attached hydrogens (tertiary/aromatic N) is 1. The number of halogens is 2. The summed E-state index contributed by atoms with van der Waals surface area (Å²) in [4.78, 5) is 0. The summed E-state index contributed by atoms with van der Waals surface area (Å²) in [7, 11) is 0. The molecule has 0 amide bonds. The topological polar surface area (TPSA) is 21.7 Å². The summed E-state index contributed by atoms with van der Waals surface area (Å²) < 4.78 is 41.7. The molecule has 3 aliphatic rings. The fraction of sp³-hybridized carbons (Fsp3) is 1.00. The molecule has 0 aromatic carbocycles. The minimum absolute atomic E-state index is 0.0427. The van der Waals surface area contributed by atoms with Crippen LogP contribution in [0.2, 0.25) is 0 Å². The Kier molecular flexibility index (Phi) is 3.41. The fourth-order valence-electron chi connectivity index (χ4n) is 3.47. The highest BCUT2D eigenvalue weighted by Crippen LogP contribution is 2.59. The van der Waals surface area contributed by atoms with Gasteiger partial charge in [-0.1, -0.05) is 11.9 Å². The van der Waals surface area contributed by atoms with Crippen molar-refractivity contribution in [2.75, 3.05) is 19.8 Å². The van der Waals surface area contributed by atoms with E-state index in [1.54, 1.807) is 11.9 Å². The van der Waals surface area contributed by atoms with Crippen molar-refractivity contribution in [2.45, 2.75) is 68.5 Å². The molecule has 0 bridgehead atoms. The largest absolute Gasteiger partial charge is 0.348 e. The number of alkyl halides is 2. The van der Waals surface area contributed by atoms with Crippen LogP contribution >= 0.6 is 11.9 Å². The van der Waals surface area contributed by atoms with Crippen LogP contribution in [0, 0.1) is 0 Å². The first-order valence-electron chi connectivity index (χ1n) is 7.31. The van der Waals surface area contributed by atoms with Gasteiger partial charge in [0.2, 0.25) is 0 Å². The lowest BCUT2D eigenvalue weighted by Gasteiger charge is -2.61. The van der Waals surface area contributed by atoms with E-state index < -0.39 is 17.2 Å². The first kappa shape index (κ1) is 15.0. The molecule has 1 aliphatic carbocycles. The van der Waals surface area contributed by atoms with E-state index in [4.69, 9.17) is 9.47 Å². The number of ether oxygens (including phenoxy) is 2. The van der Waals surface area contributed by atoms with Crippen molar-refractivity contribution in [1.29, 1.82) is 0 Å². The summed E-state index contributed by atoms with van der Waals surface area (Å²) >= 11 is 1.55. The van der Waals surface area contributed by atoms with E-state index in [0.29, 0.717) is 38.9 Å². The zero-order valence-corrected chi connectivity index (χ0v) is 13.2. The number of hydrogen-bond donors (Lipinski definition) is 0. The summed E-state index contributed by atoms with van der Waals surface area (Å²) in [5.41, 5.74) is -0.995. The first-order valence-corrected chi connectivity index (χ1v) is 8.08. The Morgan fingerprint density at radius 2 is 1.55 bits per heavy atom. The van der Waals surface area contributed by atoms with Crippen molar-refractivity contribution in [3.8, 4) is 0 Å². The Morgan fingerprint density at radius 3 is 2.00 bits per heavy atom. The van der Waals surface area contributed by atoms with Crippen molar-refractivity contribution in [1.82, 2.24) is 4.31 Å². The van der Waals surface area contributed by atoms with E-state index in [0.717, 1.165) is 0 Å². The normalized spacial score (nSPS) is 31.6. The summed E-state index contributed by atoms with van der Waals surface area (Å²) in [5, 5.41) is 0. The monoisotopic (exact) mass is 307 g/mol. The molecule has 3 nitrogen and oxygen atoms in total. The van der Waals surface area contributed by atoms with Crippen molar-refractivity contribution in [3.05, 3.63) is 0 Å². The molecule has 3 rings (SSSR count). The van der Waals surface area contributed by atoms with Crippen molar-refractivity contribution < 1.29 is 18.3 Å². The van der Waals surface area contributed by atoms with Crippen molar-refractivity contribution in [2.24, 2.45) is 0 Å². The molecule has 2 saturated heterocycles. The van der Waals surface area contributed by atoms with Gasteiger partial charge in [0, 0.05) is 17.6 Å². The van der Waals surface area contributed by atoms with Crippen LogP contribution in [-0.2, 0) is 9.47 Å². The summed E-state index contributed by atoms with van der Waals surface area (Å²) in [6.07, 6.45) is 2.04. The molecule has 0 aromatic rings. The van der Waals surface area contributed by atoms with Gasteiger partial charge in [0.25, 0.3) is 5.92 Å². The molecule has 2 heterocycles. The Labute approximate surface area is 123 Å². The van der Waals surface area contributed by atoms with E-state index in [-0.39, 0.29) is 11.3 Å². The molecule has 0 aromatic heterocycles. The number of hydrogen-bond acceptors (Lipinski definition) is 4. The molecule has 1 saturated carbocycles. The maximum atomic E-state index is 14.2. The smallest absolute Gasteiger partial charge is 0.280 e. The zero-order chi connectivity index (χ0) is 14.6. The van der Waals surface area contributed by atoms with Gasteiger partial charge in [-0.3, -0.25) is 0 Å². The summed E-state index contributed by atoms with van der Waals surface area (Å²) in [6.45, 7) is 7.23. The van der Waals surface area contributed by atoms with Crippen LogP contribution in [-0.4, -0.2) is 46.1 Å². The van der Waals surface area contributed by atoms with Crippen LogP contribution < -0.4 is 0 Å². The predicted molar refractivity (Wildman–Crippen MR) is 74.8 cm³/mol. The molecular formula is C14H23F2NO2S. The third-order valence-electron chi connectivity index (χ3n) is 4.54. The molecule has 2 spiro atoms. The third-order valence-corrected chi connectivity index (χ3v) is 5.78. The second kappa shape index (κ2) is 4.54. The van der Waals surface area contributed by atoms with Gasteiger partial charge in [-0.2, -0.15) is 0 Å². The Bertz CT molecular complexity index is 381. The molecular weight excluding hydrogens is 284 g/mol. The quantitative estimate of drug-likeness (QED) is 0.692. The van der Waals surface area contributed by atoms with Crippen LogP contribution in [0.4, 0.5) is 8.78 Å². The van der Waals surface area contributed by atoms with Crippen LogP contribution in [0.3, 0.4) is 0 Å². The van der Waals surface area contributed by atoms with Crippen LogP contribution in [0.1, 0.15) is 46.5 Å². The lowest BCUT2D eigenvalue weighted by Crippen LogP contribution is -2.74. The highest BCUT2D eigenvalue weighted by Gasteiger charge is 2.69. The highest BCUT2D eigenvalue weighted by molar-refractivity contribution is 7.98. The molecule has 0 radical (unpaired) electrons. The second-order valence-corrected chi connectivity index (χ2v) is 8.93. The maximum absolute atomic E-state index is 14.2. The minimum atomic E-state index is -2.59. The van der Waals surface area contributed by atoms with Gasteiger partial charge < -0.3 is 9.47 Å². The first-order chi connectivity index (χ1) is 9.18. The van der Waals surface area contributed by atoms with E-state index in [9.17, 15) is 8.78 Å². The van der Waals surface area contributed by atoms with Crippen LogP contribution in [0.5, 0.6) is 0 Å². The van der Waals surface area contributed by atoms with Crippen molar-refractivity contribution in [3.63, 3.8) is 0 Å². The summed E-state index contributed by atoms with van der Waals surface area (Å²) in [6, 6.07) is 0. The second-order valence-electron chi connectivity index (χ2n) is 7.08. The van der Waals surface area contributed by atoms with E-state index in [2.05, 4.69) is 20.8 Å². The fourth-order valence-corrected chi connectivity index (χ4v) is 4.84. The maximum Gasteiger partial charge on any atom is 0.280 e. The van der Waals surface area contributed by atoms with Gasteiger partial charge in [0.15, 0.2) is 5.79 Å². The van der Waals surface area contributed by atoms with E-state index >= 15 is 0 Å². The average molecular weight is 307 g/mol. The van der Waals surface area contributed by atoms with Gasteiger partial charge in [0.1, 0.15) is 0 Å². The SMILES string of the molecule is CC(C)(C)SN1CC(F)(F)C12CCC1(CC2)OCCO1. The van der Waals surface area contributed by atoms with Crippen LogP contribution in [0.25, 0.3) is 0 Å². The van der Waals surface area contributed by atoms with Gasteiger partial charge in [-0.15, -0.1) is 0 Å². The van der Waals surface area contributed by atoms with Crippen molar-refractivity contribution >= 4 is 11.9 Å². The molecule has 116 valence electrons. The predicted octanol–water partition coefficient (Wildman–Crippen LogP) is 3.44. The average Bonchev–Trinajstić information content (AvgIpc) is 2.76. The van der Waals surface area contributed by atoms with E-state index in [1.165, 1.54) is 0 Å². The molecule has 0 N–H and O–H groups in total. The van der Waals surface area contributed by atoms with Gasteiger partial charge >= 0.3 is 0 Å². The highest BCUT2D eigenvalue weighted by atomic mass is 32.2. The molecule has 20 heavy (non-hydrogen) atoms. The van der Waals surface area contributed by atoms with Gasteiger partial charge in [-0.25, -0.2) is 13.1 Å². The molecule has 6 heteroatoms. The Balaban J connectivity index is 1.73. The molecule has 3 fully saturated rings. The molecule has 2 aliphatic heterocycles.